The monoisotopic (exact) mass is 176 g/mol. The molecule has 1 amide bonds. The molecule has 1 fully saturated rings. The summed E-state index contributed by atoms with van der Waals surface area (Å²) in [4.78, 5) is 14.8. The van der Waals surface area contributed by atoms with Gasteiger partial charge in [0.15, 0.2) is 0 Å². The van der Waals surface area contributed by atoms with Gasteiger partial charge in [-0.25, -0.2) is 0 Å². The van der Waals surface area contributed by atoms with E-state index in [9.17, 15) is 4.79 Å². The first-order chi connectivity index (χ1) is 6.23. The summed E-state index contributed by atoms with van der Waals surface area (Å²) in [6.07, 6.45) is 6.13. The van der Waals surface area contributed by atoms with Gasteiger partial charge < -0.3 is 5.73 Å². The lowest BCUT2D eigenvalue weighted by Gasteiger charge is -2.12. The van der Waals surface area contributed by atoms with Crippen LogP contribution < -0.4 is 5.73 Å². The molecule has 1 saturated carbocycles. The maximum Gasteiger partial charge on any atom is 0.218 e. The summed E-state index contributed by atoms with van der Waals surface area (Å²) in [6, 6.07) is 3.94. The van der Waals surface area contributed by atoms with Crippen molar-refractivity contribution in [3.63, 3.8) is 0 Å². The van der Waals surface area contributed by atoms with E-state index in [2.05, 4.69) is 4.98 Å². The van der Waals surface area contributed by atoms with Crippen LogP contribution in [0.15, 0.2) is 24.5 Å². The molecule has 0 aromatic carbocycles. The predicted octanol–water partition coefficient (Wildman–Crippen LogP) is 0.989. The summed E-state index contributed by atoms with van der Waals surface area (Å²) in [7, 11) is 0. The van der Waals surface area contributed by atoms with Crippen LogP contribution in [-0.4, -0.2) is 10.9 Å². The number of hydrogen-bond donors (Lipinski definition) is 1. The summed E-state index contributed by atoms with van der Waals surface area (Å²) in [6.45, 7) is 0. The Labute approximate surface area is 77.0 Å². The highest BCUT2D eigenvalue weighted by molar-refractivity contribution is 5.76. The van der Waals surface area contributed by atoms with Gasteiger partial charge in [0.05, 0.1) is 0 Å². The van der Waals surface area contributed by atoms with Crippen LogP contribution in [-0.2, 0) is 10.2 Å². The summed E-state index contributed by atoms with van der Waals surface area (Å²) >= 11 is 0. The van der Waals surface area contributed by atoms with Gasteiger partial charge in [0.25, 0.3) is 0 Å². The number of pyridine rings is 1. The van der Waals surface area contributed by atoms with Crippen LogP contribution in [0.3, 0.4) is 0 Å². The highest BCUT2D eigenvalue weighted by Crippen LogP contribution is 2.50. The van der Waals surface area contributed by atoms with Gasteiger partial charge in [-0.05, 0) is 30.5 Å². The number of primary amides is 1. The highest BCUT2D eigenvalue weighted by Gasteiger charge is 2.45. The summed E-state index contributed by atoms with van der Waals surface area (Å²) < 4.78 is 0. The van der Waals surface area contributed by atoms with Crippen LogP contribution in [0.4, 0.5) is 0 Å². The molecule has 68 valence electrons. The maximum atomic E-state index is 10.8. The largest absolute Gasteiger partial charge is 0.370 e. The Morgan fingerprint density at radius 2 is 2.08 bits per heavy atom. The summed E-state index contributed by atoms with van der Waals surface area (Å²) in [5.74, 6) is -0.214. The lowest BCUT2D eigenvalue weighted by molar-refractivity contribution is -0.118. The van der Waals surface area contributed by atoms with E-state index in [0.29, 0.717) is 6.42 Å². The topological polar surface area (TPSA) is 56.0 Å². The first-order valence-electron chi connectivity index (χ1n) is 4.42. The van der Waals surface area contributed by atoms with Crippen molar-refractivity contribution < 1.29 is 4.79 Å². The van der Waals surface area contributed by atoms with Crippen LogP contribution in [0.2, 0.25) is 0 Å². The van der Waals surface area contributed by atoms with Gasteiger partial charge in [-0.2, -0.15) is 0 Å². The molecule has 1 heterocycles. The van der Waals surface area contributed by atoms with Crippen molar-refractivity contribution >= 4 is 5.91 Å². The third kappa shape index (κ3) is 1.54. The molecular formula is C10H12N2O. The number of nitrogens with two attached hydrogens (primary N) is 1. The van der Waals surface area contributed by atoms with Crippen LogP contribution in [0.1, 0.15) is 24.8 Å². The smallest absolute Gasteiger partial charge is 0.218 e. The Kier molecular flexibility index (Phi) is 1.79. The van der Waals surface area contributed by atoms with E-state index < -0.39 is 0 Å². The third-order valence-corrected chi connectivity index (χ3v) is 2.66. The molecular weight excluding hydrogens is 164 g/mol. The van der Waals surface area contributed by atoms with Gasteiger partial charge in [-0.3, -0.25) is 9.78 Å². The Balaban J connectivity index is 2.21. The molecule has 0 spiro atoms. The number of amides is 1. The SMILES string of the molecule is NC(=O)CC1(c2ccncc2)CC1. The van der Waals surface area contributed by atoms with Crippen molar-refractivity contribution in [2.24, 2.45) is 5.73 Å². The van der Waals surface area contributed by atoms with Crippen LogP contribution in [0.5, 0.6) is 0 Å². The third-order valence-electron chi connectivity index (χ3n) is 2.66. The van der Waals surface area contributed by atoms with Crippen molar-refractivity contribution in [1.29, 1.82) is 0 Å². The van der Waals surface area contributed by atoms with Gasteiger partial charge in [-0.1, -0.05) is 0 Å². The van der Waals surface area contributed by atoms with Crippen molar-refractivity contribution in [2.45, 2.75) is 24.7 Å². The van der Waals surface area contributed by atoms with Crippen LogP contribution in [0, 0.1) is 0 Å². The molecule has 13 heavy (non-hydrogen) atoms. The number of nitrogens with zero attached hydrogens (tertiary/aromatic N) is 1. The second kappa shape index (κ2) is 2.83. The van der Waals surface area contributed by atoms with Crippen molar-refractivity contribution in [3.8, 4) is 0 Å². The van der Waals surface area contributed by atoms with E-state index in [-0.39, 0.29) is 11.3 Å². The Morgan fingerprint density at radius 3 is 2.54 bits per heavy atom. The maximum absolute atomic E-state index is 10.8. The minimum atomic E-state index is -0.214. The van der Waals surface area contributed by atoms with Crippen molar-refractivity contribution in [2.75, 3.05) is 0 Å². The molecule has 1 aromatic rings. The van der Waals surface area contributed by atoms with Gasteiger partial charge >= 0.3 is 0 Å². The number of hydrogen-bond acceptors (Lipinski definition) is 2. The van der Waals surface area contributed by atoms with E-state index in [1.807, 2.05) is 12.1 Å². The molecule has 2 N–H and O–H groups in total. The van der Waals surface area contributed by atoms with Crippen molar-refractivity contribution in [1.82, 2.24) is 4.98 Å². The lowest BCUT2D eigenvalue weighted by atomic mass is 9.93. The molecule has 0 atom stereocenters. The summed E-state index contributed by atoms with van der Waals surface area (Å²) in [5.41, 5.74) is 6.45. The molecule has 3 nitrogen and oxygen atoms in total. The minimum absolute atomic E-state index is 0.0504. The first-order valence-corrected chi connectivity index (χ1v) is 4.42. The quantitative estimate of drug-likeness (QED) is 0.746. The zero-order valence-electron chi connectivity index (χ0n) is 7.36. The number of rotatable bonds is 3. The lowest BCUT2D eigenvalue weighted by Crippen LogP contribution is -2.19. The number of aromatic nitrogens is 1. The fourth-order valence-electron chi connectivity index (χ4n) is 1.76. The molecule has 0 bridgehead atoms. The molecule has 0 unspecified atom stereocenters. The summed E-state index contributed by atoms with van der Waals surface area (Å²) in [5, 5.41) is 0. The second-order valence-corrected chi connectivity index (χ2v) is 3.66. The zero-order valence-corrected chi connectivity index (χ0v) is 7.36. The van der Waals surface area contributed by atoms with E-state index in [0.717, 1.165) is 12.8 Å². The van der Waals surface area contributed by atoms with Crippen molar-refractivity contribution in [3.05, 3.63) is 30.1 Å². The zero-order chi connectivity index (χ0) is 9.31. The minimum Gasteiger partial charge on any atom is -0.370 e. The molecule has 3 heteroatoms. The van der Waals surface area contributed by atoms with E-state index in [1.165, 1.54) is 5.56 Å². The first kappa shape index (κ1) is 8.23. The average Bonchev–Trinajstić information content (AvgIpc) is 2.86. The Hall–Kier alpha value is -1.38. The fraction of sp³-hybridized carbons (Fsp3) is 0.400. The molecule has 0 saturated heterocycles. The number of carbonyl (C=O) groups excluding carboxylic acids is 1. The van der Waals surface area contributed by atoms with Gasteiger partial charge in [0.2, 0.25) is 5.91 Å². The van der Waals surface area contributed by atoms with E-state index >= 15 is 0 Å². The molecule has 1 aliphatic carbocycles. The van der Waals surface area contributed by atoms with Gasteiger partial charge in [0.1, 0.15) is 0 Å². The average molecular weight is 176 g/mol. The molecule has 1 aromatic heterocycles. The number of carbonyl (C=O) groups is 1. The predicted molar refractivity (Wildman–Crippen MR) is 49.0 cm³/mol. The van der Waals surface area contributed by atoms with E-state index in [4.69, 9.17) is 5.73 Å². The fourth-order valence-corrected chi connectivity index (χ4v) is 1.76. The second-order valence-electron chi connectivity index (χ2n) is 3.66. The Morgan fingerprint density at radius 1 is 1.46 bits per heavy atom. The molecule has 1 aliphatic rings. The highest BCUT2D eigenvalue weighted by atomic mass is 16.1. The van der Waals surface area contributed by atoms with Crippen LogP contribution in [0.25, 0.3) is 0 Å². The normalized spacial score (nSPS) is 18.2. The van der Waals surface area contributed by atoms with Gasteiger partial charge in [0, 0.05) is 24.2 Å². The van der Waals surface area contributed by atoms with Crippen LogP contribution >= 0.6 is 0 Å². The standard InChI is InChI=1S/C10H12N2O/c11-9(13)7-10(3-4-10)8-1-5-12-6-2-8/h1-2,5-6H,3-4,7H2,(H2,11,13). The van der Waals surface area contributed by atoms with Gasteiger partial charge in [-0.15, -0.1) is 0 Å². The Bertz CT molecular complexity index is 317. The molecule has 0 aliphatic heterocycles. The molecule has 2 rings (SSSR count). The molecule has 0 radical (unpaired) electrons. The van der Waals surface area contributed by atoms with E-state index in [1.54, 1.807) is 12.4 Å².